The number of hydrogen-bond acceptors (Lipinski definition) is 8. The zero-order chi connectivity index (χ0) is 29.8. The molecule has 3 heterocycles. The molecular formula is C30H36N6O6. The first-order valence-electron chi connectivity index (χ1n) is 14.6. The maximum Gasteiger partial charge on any atom is 0.410 e. The molecule has 0 bridgehead atoms. The molecule has 1 amide bonds. The van der Waals surface area contributed by atoms with Gasteiger partial charge in [-0.2, -0.15) is 0 Å². The van der Waals surface area contributed by atoms with Gasteiger partial charge >= 0.3 is 17.5 Å². The SMILES string of the molecule is CC(C)(C)OC(=O)N1CC2CN(c3cc(-c4ccc5c(c4)ncn5C4CCCCC4)c([N+](=O)[O-])c([N+](=O)[O-])c3)CC2C1. The Balaban J connectivity index is 1.31. The van der Waals surface area contributed by atoms with E-state index < -0.39 is 26.8 Å². The molecule has 42 heavy (non-hydrogen) atoms. The zero-order valence-corrected chi connectivity index (χ0v) is 24.2. The Morgan fingerprint density at radius 3 is 2.26 bits per heavy atom. The number of ether oxygens (including phenoxy) is 1. The lowest BCUT2D eigenvalue weighted by molar-refractivity contribution is -0.422. The number of nitrogens with zero attached hydrogens (tertiary/aromatic N) is 6. The van der Waals surface area contributed by atoms with Crippen LogP contribution in [0.1, 0.15) is 58.9 Å². The van der Waals surface area contributed by atoms with Gasteiger partial charge in [0.05, 0.1) is 32.8 Å². The van der Waals surface area contributed by atoms with E-state index in [0.29, 0.717) is 49.0 Å². The quantitative estimate of drug-likeness (QED) is 0.254. The van der Waals surface area contributed by atoms with Gasteiger partial charge in [0.15, 0.2) is 0 Å². The van der Waals surface area contributed by atoms with E-state index in [4.69, 9.17) is 4.74 Å². The Labute approximate surface area is 243 Å². The number of carbonyl (C=O) groups is 1. The average molecular weight is 577 g/mol. The van der Waals surface area contributed by atoms with Gasteiger partial charge < -0.3 is 19.1 Å². The third kappa shape index (κ3) is 5.25. The molecule has 2 aliphatic heterocycles. The van der Waals surface area contributed by atoms with Crippen LogP contribution in [0, 0.1) is 32.1 Å². The molecule has 3 aliphatic rings. The van der Waals surface area contributed by atoms with E-state index in [-0.39, 0.29) is 23.5 Å². The van der Waals surface area contributed by atoms with Crippen molar-refractivity contribution in [3.63, 3.8) is 0 Å². The van der Waals surface area contributed by atoms with Gasteiger partial charge in [0.2, 0.25) is 0 Å². The summed E-state index contributed by atoms with van der Waals surface area (Å²) in [5.41, 5.74) is 1.31. The first-order chi connectivity index (χ1) is 20.0. The molecule has 2 aromatic carbocycles. The topological polar surface area (TPSA) is 137 Å². The van der Waals surface area contributed by atoms with Crippen molar-refractivity contribution in [3.8, 4) is 11.1 Å². The fourth-order valence-corrected chi connectivity index (χ4v) is 6.87. The van der Waals surface area contributed by atoms with Crippen molar-refractivity contribution in [2.24, 2.45) is 11.8 Å². The third-order valence-corrected chi connectivity index (χ3v) is 8.81. The van der Waals surface area contributed by atoms with Gasteiger partial charge in [-0.3, -0.25) is 20.2 Å². The standard InChI is InChI=1S/C30H36N6O6/c1-30(2,3)42-29(37)33-16-20-14-32(15-21(20)17-33)23-12-24(28(36(40)41)27(13-23)35(38)39)19-9-10-26-25(11-19)31-18-34(26)22-7-5-4-6-8-22/h9-13,18,20-22H,4-8,14-17H2,1-3H3. The second-order valence-electron chi connectivity index (χ2n) is 12.8. The number of nitro groups is 2. The zero-order valence-electron chi connectivity index (χ0n) is 24.2. The van der Waals surface area contributed by atoms with E-state index in [0.717, 1.165) is 18.4 Å². The number of amides is 1. The van der Waals surface area contributed by atoms with E-state index >= 15 is 0 Å². The number of carbonyl (C=O) groups excluding carboxylic acids is 1. The second kappa shape index (κ2) is 10.6. The van der Waals surface area contributed by atoms with Crippen molar-refractivity contribution in [1.82, 2.24) is 14.5 Å². The van der Waals surface area contributed by atoms with Gasteiger partial charge in [0, 0.05) is 55.8 Å². The molecule has 1 aliphatic carbocycles. The first-order valence-corrected chi connectivity index (χ1v) is 14.6. The molecule has 2 unspecified atom stereocenters. The number of fused-ring (bicyclic) bond motifs is 2. The molecule has 3 fully saturated rings. The lowest BCUT2D eigenvalue weighted by Gasteiger charge is -2.26. The summed E-state index contributed by atoms with van der Waals surface area (Å²) < 4.78 is 7.72. The number of imidazole rings is 1. The maximum atomic E-state index is 12.6. The van der Waals surface area contributed by atoms with E-state index in [1.54, 1.807) is 23.1 Å². The largest absolute Gasteiger partial charge is 0.444 e. The van der Waals surface area contributed by atoms with Crippen molar-refractivity contribution < 1.29 is 19.4 Å². The highest BCUT2D eigenvalue weighted by atomic mass is 16.6. The molecule has 0 radical (unpaired) electrons. The van der Waals surface area contributed by atoms with Crippen LogP contribution in [0.25, 0.3) is 22.2 Å². The van der Waals surface area contributed by atoms with Crippen molar-refractivity contribution >= 4 is 34.2 Å². The molecule has 222 valence electrons. The van der Waals surface area contributed by atoms with Crippen LogP contribution in [0.3, 0.4) is 0 Å². The lowest BCUT2D eigenvalue weighted by Crippen LogP contribution is -2.37. The summed E-state index contributed by atoms with van der Waals surface area (Å²) in [6.07, 6.45) is 7.30. The van der Waals surface area contributed by atoms with Crippen LogP contribution in [0.5, 0.6) is 0 Å². The normalized spacial score (nSPS) is 21.1. The van der Waals surface area contributed by atoms with Crippen LogP contribution >= 0.6 is 0 Å². The Morgan fingerprint density at radius 2 is 1.64 bits per heavy atom. The summed E-state index contributed by atoms with van der Waals surface area (Å²) in [4.78, 5) is 43.9. The number of likely N-dealkylation sites (tertiary alicyclic amines) is 1. The summed E-state index contributed by atoms with van der Waals surface area (Å²) in [6, 6.07) is 8.90. The molecule has 0 N–H and O–H groups in total. The molecule has 1 aromatic heterocycles. The van der Waals surface area contributed by atoms with Crippen LogP contribution in [-0.2, 0) is 4.74 Å². The molecular weight excluding hydrogens is 540 g/mol. The van der Waals surface area contributed by atoms with Crippen molar-refractivity contribution in [2.75, 3.05) is 31.1 Å². The summed E-state index contributed by atoms with van der Waals surface area (Å²) in [7, 11) is 0. The van der Waals surface area contributed by atoms with Gasteiger partial charge in [0.25, 0.3) is 0 Å². The molecule has 0 spiro atoms. The fourth-order valence-electron chi connectivity index (χ4n) is 6.87. The van der Waals surface area contributed by atoms with Crippen LogP contribution < -0.4 is 4.90 Å². The molecule has 6 rings (SSSR count). The third-order valence-electron chi connectivity index (χ3n) is 8.81. The summed E-state index contributed by atoms with van der Waals surface area (Å²) in [5.74, 6) is 0.352. The van der Waals surface area contributed by atoms with E-state index in [1.807, 2.05) is 38.1 Å². The van der Waals surface area contributed by atoms with Crippen LogP contribution in [0.2, 0.25) is 0 Å². The molecule has 2 saturated heterocycles. The average Bonchev–Trinajstić information content (AvgIpc) is 3.65. The summed E-state index contributed by atoms with van der Waals surface area (Å²) in [6.45, 7) is 7.76. The van der Waals surface area contributed by atoms with E-state index in [2.05, 4.69) is 9.55 Å². The molecule has 12 heteroatoms. The minimum Gasteiger partial charge on any atom is -0.444 e. The van der Waals surface area contributed by atoms with Gasteiger partial charge in [-0.15, -0.1) is 0 Å². The van der Waals surface area contributed by atoms with Crippen molar-refractivity contribution in [2.45, 2.75) is 64.5 Å². The van der Waals surface area contributed by atoms with Gasteiger partial charge in [0.1, 0.15) is 5.60 Å². The lowest BCUT2D eigenvalue weighted by atomic mass is 9.95. The van der Waals surface area contributed by atoms with Gasteiger partial charge in [-0.25, -0.2) is 9.78 Å². The van der Waals surface area contributed by atoms with Crippen molar-refractivity contribution in [1.29, 1.82) is 0 Å². The minimum absolute atomic E-state index is 0.176. The predicted octanol–water partition coefficient (Wildman–Crippen LogP) is 6.33. The van der Waals surface area contributed by atoms with Crippen molar-refractivity contribution in [3.05, 3.63) is 56.9 Å². The molecule has 1 saturated carbocycles. The number of benzene rings is 2. The van der Waals surface area contributed by atoms with Crippen LogP contribution in [0.15, 0.2) is 36.7 Å². The summed E-state index contributed by atoms with van der Waals surface area (Å²) >= 11 is 0. The Kier molecular flexibility index (Phi) is 7.02. The van der Waals surface area contributed by atoms with Crippen LogP contribution in [-0.4, -0.2) is 62.2 Å². The van der Waals surface area contributed by atoms with Gasteiger partial charge in [-0.05, 0) is 57.4 Å². The Hall–Kier alpha value is -4.22. The summed E-state index contributed by atoms with van der Waals surface area (Å²) in [5, 5.41) is 24.3. The number of aromatic nitrogens is 2. The number of nitro benzene ring substituents is 2. The maximum absolute atomic E-state index is 12.6. The van der Waals surface area contributed by atoms with Gasteiger partial charge in [-0.1, -0.05) is 25.3 Å². The highest BCUT2D eigenvalue weighted by Gasteiger charge is 2.43. The number of anilines is 1. The fraction of sp³-hybridized carbons (Fsp3) is 0.533. The predicted molar refractivity (Wildman–Crippen MR) is 158 cm³/mol. The van der Waals surface area contributed by atoms with Crippen LogP contribution in [0.4, 0.5) is 21.9 Å². The number of rotatable bonds is 5. The molecule has 12 nitrogen and oxygen atoms in total. The Bertz CT molecular complexity index is 1540. The van der Waals surface area contributed by atoms with E-state index in [9.17, 15) is 25.0 Å². The number of hydrogen-bond donors (Lipinski definition) is 0. The monoisotopic (exact) mass is 576 g/mol. The first kappa shape index (κ1) is 27.9. The highest BCUT2D eigenvalue weighted by molar-refractivity contribution is 5.89. The molecule has 3 aromatic rings. The Morgan fingerprint density at radius 1 is 0.952 bits per heavy atom. The molecule has 2 atom stereocenters. The highest BCUT2D eigenvalue weighted by Crippen LogP contribution is 2.44. The van der Waals surface area contributed by atoms with E-state index in [1.165, 1.54) is 25.3 Å². The smallest absolute Gasteiger partial charge is 0.410 e. The second-order valence-corrected chi connectivity index (χ2v) is 12.8. The minimum atomic E-state index is -0.678.